The fourth-order valence-corrected chi connectivity index (χ4v) is 3.15. The zero-order valence-electron chi connectivity index (χ0n) is 12.6. The van der Waals surface area contributed by atoms with E-state index in [9.17, 15) is 4.79 Å². The Balaban J connectivity index is 2.29. The number of nitrogen functional groups attached to an aromatic ring is 1. The van der Waals surface area contributed by atoms with Gasteiger partial charge in [-0.3, -0.25) is 4.90 Å². The molecule has 0 bridgehead atoms. The van der Waals surface area contributed by atoms with Gasteiger partial charge in [0.15, 0.2) is 0 Å². The number of hydrogen-bond donors (Lipinski definition) is 1. The van der Waals surface area contributed by atoms with Crippen molar-refractivity contribution in [3.63, 3.8) is 0 Å². The van der Waals surface area contributed by atoms with E-state index in [0.29, 0.717) is 23.3 Å². The molecule has 4 heteroatoms. The quantitative estimate of drug-likeness (QED) is 0.678. The molecule has 110 valence electrons. The molecule has 4 nitrogen and oxygen atoms in total. The van der Waals surface area contributed by atoms with E-state index in [1.807, 2.05) is 12.1 Å². The topological polar surface area (TPSA) is 55.6 Å². The van der Waals surface area contributed by atoms with Gasteiger partial charge in [-0.25, -0.2) is 4.79 Å². The lowest BCUT2D eigenvalue weighted by atomic mass is 10.0. The number of anilines is 1. The molecule has 1 aromatic carbocycles. The second-order valence-corrected chi connectivity index (χ2v) is 5.53. The van der Waals surface area contributed by atoms with Crippen LogP contribution in [0.2, 0.25) is 0 Å². The first-order valence-electron chi connectivity index (χ1n) is 7.29. The van der Waals surface area contributed by atoms with E-state index >= 15 is 0 Å². The minimum Gasteiger partial charge on any atom is -0.465 e. The lowest BCUT2D eigenvalue weighted by molar-refractivity contribution is 0.0598. The number of nitrogens with zero attached hydrogens (tertiary/aromatic N) is 1. The number of ether oxygens (including phenoxy) is 1. The largest absolute Gasteiger partial charge is 0.465 e. The Morgan fingerprint density at radius 1 is 1.45 bits per heavy atom. The molecule has 2 rings (SSSR count). The van der Waals surface area contributed by atoms with E-state index in [1.165, 1.54) is 20.0 Å². The monoisotopic (exact) mass is 276 g/mol. The van der Waals surface area contributed by atoms with E-state index in [4.69, 9.17) is 10.5 Å². The third kappa shape index (κ3) is 2.80. The highest BCUT2D eigenvalue weighted by Crippen LogP contribution is 2.29. The highest BCUT2D eigenvalue weighted by atomic mass is 16.5. The minimum atomic E-state index is -0.349. The van der Waals surface area contributed by atoms with Crippen molar-refractivity contribution in [1.82, 2.24) is 4.90 Å². The highest BCUT2D eigenvalue weighted by molar-refractivity contribution is 5.96. The highest BCUT2D eigenvalue weighted by Gasteiger charge is 2.30. The third-order valence-electron chi connectivity index (χ3n) is 4.35. The van der Waals surface area contributed by atoms with Gasteiger partial charge >= 0.3 is 5.97 Å². The van der Waals surface area contributed by atoms with E-state index in [-0.39, 0.29) is 5.97 Å². The molecule has 1 aromatic rings. The van der Waals surface area contributed by atoms with Gasteiger partial charge in [-0.2, -0.15) is 0 Å². The first kappa shape index (κ1) is 14.9. The van der Waals surface area contributed by atoms with Crippen molar-refractivity contribution in [2.24, 2.45) is 0 Å². The summed E-state index contributed by atoms with van der Waals surface area (Å²) in [6.45, 7) is 5.23. The summed E-state index contributed by atoms with van der Waals surface area (Å²) < 4.78 is 4.86. The molecule has 2 N–H and O–H groups in total. The molecule has 0 aromatic heterocycles. The molecule has 1 aliphatic rings. The standard InChI is InChI=1S/C16H24N2O2/c1-4-13-9-8-11(2)18(13)10-12-6-5-7-14(17)15(12)16(19)20-3/h5-7,11,13H,4,8-10,17H2,1-3H3. The molecule has 0 radical (unpaired) electrons. The predicted molar refractivity (Wildman–Crippen MR) is 80.5 cm³/mol. The second-order valence-electron chi connectivity index (χ2n) is 5.53. The zero-order valence-corrected chi connectivity index (χ0v) is 12.6. The average molecular weight is 276 g/mol. The number of carbonyl (C=O) groups is 1. The number of benzene rings is 1. The smallest absolute Gasteiger partial charge is 0.340 e. The molecule has 0 spiro atoms. The zero-order chi connectivity index (χ0) is 14.7. The molecule has 1 saturated heterocycles. The summed E-state index contributed by atoms with van der Waals surface area (Å²) in [5.41, 5.74) is 7.93. The van der Waals surface area contributed by atoms with Gasteiger partial charge in [0.1, 0.15) is 0 Å². The number of likely N-dealkylation sites (tertiary alicyclic amines) is 1. The number of esters is 1. The minimum absolute atomic E-state index is 0.349. The summed E-state index contributed by atoms with van der Waals surface area (Å²) in [6.07, 6.45) is 3.59. The van der Waals surface area contributed by atoms with Gasteiger partial charge in [0.05, 0.1) is 12.7 Å². The predicted octanol–water partition coefficient (Wildman–Crippen LogP) is 2.82. The van der Waals surface area contributed by atoms with Crippen LogP contribution in [0.4, 0.5) is 5.69 Å². The third-order valence-corrected chi connectivity index (χ3v) is 4.35. The maximum atomic E-state index is 11.9. The van der Waals surface area contributed by atoms with Crippen LogP contribution in [0.5, 0.6) is 0 Å². The van der Waals surface area contributed by atoms with Crippen LogP contribution in [-0.4, -0.2) is 30.1 Å². The van der Waals surface area contributed by atoms with Crippen LogP contribution in [0.1, 0.15) is 49.0 Å². The van der Waals surface area contributed by atoms with Gasteiger partial charge in [0.2, 0.25) is 0 Å². The van der Waals surface area contributed by atoms with Gasteiger partial charge in [-0.05, 0) is 37.8 Å². The Kier molecular flexibility index (Phi) is 4.65. The summed E-state index contributed by atoms with van der Waals surface area (Å²) in [5.74, 6) is -0.349. The van der Waals surface area contributed by atoms with Crippen LogP contribution in [0.15, 0.2) is 18.2 Å². The lowest BCUT2D eigenvalue weighted by Crippen LogP contribution is -2.34. The number of nitrogens with two attached hydrogens (primary N) is 1. The van der Waals surface area contributed by atoms with Crippen molar-refractivity contribution in [3.05, 3.63) is 29.3 Å². The van der Waals surface area contributed by atoms with Crippen molar-refractivity contribution in [2.45, 2.75) is 51.7 Å². The Morgan fingerprint density at radius 2 is 2.20 bits per heavy atom. The Bertz CT molecular complexity index is 487. The maximum absolute atomic E-state index is 11.9. The molecule has 2 atom stereocenters. The van der Waals surface area contributed by atoms with Gasteiger partial charge in [-0.1, -0.05) is 19.1 Å². The van der Waals surface area contributed by atoms with Gasteiger partial charge in [0.25, 0.3) is 0 Å². The fourth-order valence-electron chi connectivity index (χ4n) is 3.15. The number of carbonyl (C=O) groups excluding carboxylic acids is 1. The SMILES string of the molecule is CCC1CCC(C)N1Cc1cccc(N)c1C(=O)OC. The average Bonchev–Trinajstić information content (AvgIpc) is 2.79. The van der Waals surface area contributed by atoms with Crippen molar-refractivity contribution < 1.29 is 9.53 Å². The van der Waals surface area contributed by atoms with Crippen molar-refractivity contribution in [3.8, 4) is 0 Å². The number of methoxy groups -OCH3 is 1. The molecule has 2 unspecified atom stereocenters. The van der Waals surface area contributed by atoms with Gasteiger partial charge in [-0.15, -0.1) is 0 Å². The summed E-state index contributed by atoms with van der Waals surface area (Å²) in [7, 11) is 1.39. The molecule has 1 heterocycles. The summed E-state index contributed by atoms with van der Waals surface area (Å²) >= 11 is 0. The maximum Gasteiger partial charge on any atom is 0.340 e. The van der Waals surface area contributed by atoms with Crippen molar-refractivity contribution >= 4 is 11.7 Å². The Hall–Kier alpha value is -1.55. The first-order chi connectivity index (χ1) is 9.58. The number of hydrogen-bond acceptors (Lipinski definition) is 4. The molecule has 0 saturated carbocycles. The lowest BCUT2D eigenvalue weighted by Gasteiger charge is -2.28. The van der Waals surface area contributed by atoms with E-state index in [1.54, 1.807) is 6.07 Å². The van der Waals surface area contributed by atoms with E-state index in [0.717, 1.165) is 18.5 Å². The van der Waals surface area contributed by atoms with E-state index < -0.39 is 0 Å². The van der Waals surface area contributed by atoms with Crippen LogP contribution in [0.25, 0.3) is 0 Å². The molecule has 0 aliphatic carbocycles. The van der Waals surface area contributed by atoms with Crippen LogP contribution < -0.4 is 5.73 Å². The summed E-state index contributed by atoms with van der Waals surface area (Å²) in [4.78, 5) is 14.4. The van der Waals surface area contributed by atoms with Crippen LogP contribution in [0, 0.1) is 0 Å². The second kappa shape index (κ2) is 6.27. The normalized spacial score (nSPS) is 22.9. The van der Waals surface area contributed by atoms with Gasteiger partial charge in [0, 0.05) is 24.3 Å². The van der Waals surface area contributed by atoms with Crippen LogP contribution >= 0.6 is 0 Å². The summed E-state index contributed by atoms with van der Waals surface area (Å²) in [5, 5.41) is 0. The molecular formula is C16H24N2O2. The molecular weight excluding hydrogens is 252 g/mol. The van der Waals surface area contributed by atoms with Crippen LogP contribution in [0.3, 0.4) is 0 Å². The molecule has 0 amide bonds. The van der Waals surface area contributed by atoms with Crippen molar-refractivity contribution in [2.75, 3.05) is 12.8 Å². The Morgan fingerprint density at radius 3 is 2.85 bits per heavy atom. The number of rotatable bonds is 4. The molecule has 20 heavy (non-hydrogen) atoms. The molecule has 1 aliphatic heterocycles. The summed E-state index contributed by atoms with van der Waals surface area (Å²) in [6, 6.07) is 6.77. The van der Waals surface area contributed by atoms with E-state index in [2.05, 4.69) is 18.7 Å². The Labute approximate surface area is 120 Å². The van der Waals surface area contributed by atoms with Crippen LogP contribution in [-0.2, 0) is 11.3 Å². The first-order valence-corrected chi connectivity index (χ1v) is 7.29. The molecule has 1 fully saturated rings. The van der Waals surface area contributed by atoms with Gasteiger partial charge < -0.3 is 10.5 Å². The fraction of sp³-hybridized carbons (Fsp3) is 0.562. The van der Waals surface area contributed by atoms with Crippen molar-refractivity contribution in [1.29, 1.82) is 0 Å².